The summed E-state index contributed by atoms with van der Waals surface area (Å²) in [5.41, 5.74) is 2.04. The zero-order valence-corrected chi connectivity index (χ0v) is 11.2. The maximum atomic E-state index is 5.38. The molecule has 0 atom stereocenters. The molecule has 1 saturated heterocycles. The van der Waals surface area contributed by atoms with Gasteiger partial charge in [-0.05, 0) is 54.6 Å². The Morgan fingerprint density at radius 2 is 2.29 bits per heavy atom. The van der Waals surface area contributed by atoms with Gasteiger partial charge in [-0.2, -0.15) is 11.8 Å². The van der Waals surface area contributed by atoms with E-state index in [1.807, 2.05) is 18.3 Å². The fraction of sp³-hybridized carbons (Fsp3) is 0.500. The van der Waals surface area contributed by atoms with Crippen LogP contribution in [-0.4, -0.2) is 26.0 Å². The summed E-state index contributed by atoms with van der Waals surface area (Å²) in [5, 5.41) is 0. The quantitative estimate of drug-likeness (QED) is 0.846. The highest BCUT2D eigenvalue weighted by molar-refractivity contribution is 7.99. The number of hydrogen-bond donors (Lipinski definition) is 1. The average molecular weight is 265 g/mol. The van der Waals surface area contributed by atoms with E-state index in [0.29, 0.717) is 0 Å². The zero-order valence-electron chi connectivity index (χ0n) is 9.56. The number of H-pyrrole nitrogens is 1. The van der Waals surface area contributed by atoms with Crippen molar-refractivity contribution in [1.82, 2.24) is 14.5 Å². The van der Waals surface area contributed by atoms with E-state index in [1.165, 1.54) is 24.3 Å². The van der Waals surface area contributed by atoms with Crippen LogP contribution in [0.15, 0.2) is 18.3 Å². The number of nitrogens with one attached hydrogen (secondary N) is 1. The van der Waals surface area contributed by atoms with Crippen LogP contribution in [0.5, 0.6) is 0 Å². The first-order chi connectivity index (χ1) is 8.34. The maximum Gasteiger partial charge on any atom is 0.179 e. The summed E-state index contributed by atoms with van der Waals surface area (Å²) < 4.78 is 2.96. The number of imidazole rings is 1. The molecule has 1 N–H and O–H groups in total. The highest BCUT2D eigenvalue weighted by Crippen LogP contribution is 2.25. The van der Waals surface area contributed by atoms with Crippen molar-refractivity contribution < 1.29 is 0 Å². The van der Waals surface area contributed by atoms with Crippen molar-refractivity contribution in [1.29, 1.82) is 0 Å². The van der Waals surface area contributed by atoms with Gasteiger partial charge >= 0.3 is 0 Å². The minimum atomic E-state index is 0.754. The van der Waals surface area contributed by atoms with E-state index in [-0.39, 0.29) is 0 Å². The second-order valence-corrected chi connectivity index (χ2v) is 6.08. The molecule has 0 radical (unpaired) electrons. The number of nitrogens with zero attached hydrogens (tertiary/aromatic N) is 2. The van der Waals surface area contributed by atoms with Gasteiger partial charge in [-0.3, -0.25) is 0 Å². The second kappa shape index (κ2) is 4.82. The van der Waals surface area contributed by atoms with Gasteiger partial charge in [0.15, 0.2) is 10.4 Å². The predicted octanol–water partition coefficient (Wildman–Crippen LogP) is 3.24. The summed E-state index contributed by atoms with van der Waals surface area (Å²) in [6.45, 7) is 1.01. The van der Waals surface area contributed by atoms with Gasteiger partial charge in [-0.1, -0.05) is 0 Å². The molecule has 17 heavy (non-hydrogen) atoms. The van der Waals surface area contributed by atoms with Gasteiger partial charge in [0, 0.05) is 12.7 Å². The molecule has 0 saturated carbocycles. The van der Waals surface area contributed by atoms with Crippen LogP contribution < -0.4 is 0 Å². The summed E-state index contributed by atoms with van der Waals surface area (Å²) in [5.74, 6) is 3.32. The minimum absolute atomic E-state index is 0.754. The third kappa shape index (κ3) is 2.26. The minimum Gasteiger partial charge on any atom is -0.329 e. The monoisotopic (exact) mass is 265 g/mol. The van der Waals surface area contributed by atoms with Crippen LogP contribution in [0.3, 0.4) is 0 Å². The highest BCUT2D eigenvalue weighted by atomic mass is 32.2. The molecule has 3 rings (SSSR count). The molecule has 1 fully saturated rings. The van der Waals surface area contributed by atoms with Crippen molar-refractivity contribution in [3.8, 4) is 0 Å². The molecule has 0 bridgehead atoms. The Kier molecular flexibility index (Phi) is 3.20. The summed E-state index contributed by atoms with van der Waals surface area (Å²) in [4.78, 5) is 7.65. The molecule has 3 heterocycles. The van der Waals surface area contributed by atoms with Crippen molar-refractivity contribution >= 4 is 35.1 Å². The van der Waals surface area contributed by atoms with E-state index in [0.717, 1.165) is 28.4 Å². The summed E-state index contributed by atoms with van der Waals surface area (Å²) >= 11 is 7.44. The summed E-state index contributed by atoms with van der Waals surface area (Å²) in [6.07, 6.45) is 4.43. The number of hydrogen-bond acceptors (Lipinski definition) is 3. The number of aromatic amines is 1. The molecule has 0 unspecified atom stereocenters. The number of thioether (sulfide) groups is 1. The van der Waals surface area contributed by atoms with Crippen LogP contribution in [0, 0.1) is 10.7 Å². The first-order valence-corrected chi connectivity index (χ1v) is 7.52. The second-order valence-electron chi connectivity index (χ2n) is 4.47. The van der Waals surface area contributed by atoms with Gasteiger partial charge in [0.1, 0.15) is 0 Å². The normalized spacial score (nSPS) is 17.6. The molecule has 2 aromatic heterocycles. The maximum absolute atomic E-state index is 5.38. The Morgan fingerprint density at radius 3 is 3.12 bits per heavy atom. The van der Waals surface area contributed by atoms with E-state index in [4.69, 9.17) is 12.2 Å². The fourth-order valence-corrected chi connectivity index (χ4v) is 3.82. The molecule has 0 spiro atoms. The number of aromatic nitrogens is 3. The third-order valence-corrected chi connectivity index (χ3v) is 4.68. The third-order valence-electron chi connectivity index (χ3n) is 3.31. The molecule has 0 aromatic carbocycles. The van der Waals surface area contributed by atoms with E-state index >= 15 is 0 Å². The SMILES string of the molecule is S=c1[nH]c2cccnc2n1CC1CCSCC1. The molecule has 0 amide bonds. The number of pyridine rings is 1. The largest absolute Gasteiger partial charge is 0.329 e. The van der Waals surface area contributed by atoms with Crippen molar-refractivity contribution in [2.75, 3.05) is 11.5 Å². The van der Waals surface area contributed by atoms with Gasteiger partial charge in [-0.25, -0.2) is 4.98 Å². The highest BCUT2D eigenvalue weighted by Gasteiger charge is 2.16. The Labute approximate surface area is 110 Å². The molecule has 0 aliphatic carbocycles. The van der Waals surface area contributed by atoms with Crippen molar-refractivity contribution in [3.63, 3.8) is 0 Å². The van der Waals surface area contributed by atoms with Gasteiger partial charge in [0.2, 0.25) is 0 Å². The zero-order chi connectivity index (χ0) is 11.7. The number of rotatable bonds is 2. The average Bonchev–Trinajstić information content (AvgIpc) is 2.68. The Morgan fingerprint density at radius 1 is 1.47 bits per heavy atom. The van der Waals surface area contributed by atoms with Crippen LogP contribution in [0.1, 0.15) is 12.8 Å². The van der Waals surface area contributed by atoms with Crippen LogP contribution in [0.4, 0.5) is 0 Å². The van der Waals surface area contributed by atoms with Crippen LogP contribution in [-0.2, 0) is 6.54 Å². The first-order valence-electron chi connectivity index (χ1n) is 5.96. The van der Waals surface area contributed by atoms with Crippen LogP contribution in [0.2, 0.25) is 0 Å². The molecule has 5 heteroatoms. The Hall–Kier alpha value is -0.810. The Balaban J connectivity index is 1.93. The molecular formula is C12H15N3S2. The summed E-state index contributed by atoms with van der Waals surface area (Å²) in [6, 6.07) is 3.97. The van der Waals surface area contributed by atoms with Crippen molar-refractivity contribution in [3.05, 3.63) is 23.1 Å². The fourth-order valence-electron chi connectivity index (χ4n) is 2.35. The lowest BCUT2D eigenvalue weighted by Crippen LogP contribution is -2.16. The molecular weight excluding hydrogens is 250 g/mol. The molecule has 3 nitrogen and oxygen atoms in total. The molecule has 1 aliphatic heterocycles. The van der Waals surface area contributed by atoms with E-state index in [1.54, 1.807) is 0 Å². The van der Waals surface area contributed by atoms with Crippen LogP contribution >= 0.6 is 24.0 Å². The number of fused-ring (bicyclic) bond motifs is 1. The molecule has 1 aliphatic rings. The van der Waals surface area contributed by atoms with E-state index < -0.39 is 0 Å². The lowest BCUT2D eigenvalue weighted by Gasteiger charge is -2.21. The molecule has 90 valence electrons. The van der Waals surface area contributed by atoms with Gasteiger partial charge in [0.25, 0.3) is 0 Å². The van der Waals surface area contributed by atoms with Gasteiger partial charge in [0.05, 0.1) is 5.52 Å². The summed E-state index contributed by atoms with van der Waals surface area (Å²) in [7, 11) is 0. The topological polar surface area (TPSA) is 33.6 Å². The van der Waals surface area contributed by atoms with Crippen molar-refractivity contribution in [2.45, 2.75) is 19.4 Å². The molecule has 2 aromatic rings. The van der Waals surface area contributed by atoms with E-state index in [9.17, 15) is 0 Å². The predicted molar refractivity (Wildman–Crippen MR) is 75.0 cm³/mol. The standard InChI is InChI=1S/C12H15N3S2/c16-12-14-10-2-1-5-13-11(10)15(12)8-9-3-6-17-7-4-9/h1-2,5,9H,3-4,6-8H2,(H,14,16). The van der Waals surface area contributed by atoms with Gasteiger partial charge < -0.3 is 9.55 Å². The van der Waals surface area contributed by atoms with Gasteiger partial charge in [-0.15, -0.1) is 0 Å². The Bertz CT molecular complexity index is 566. The lowest BCUT2D eigenvalue weighted by atomic mass is 10.0. The lowest BCUT2D eigenvalue weighted by molar-refractivity contribution is 0.419. The smallest absolute Gasteiger partial charge is 0.179 e. The van der Waals surface area contributed by atoms with Crippen LogP contribution in [0.25, 0.3) is 11.2 Å². The first kappa shape index (κ1) is 11.3. The van der Waals surface area contributed by atoms with E-state index in [2.05, 4.69) is 26.3 Å². The van der Waals surface area contributed by atoms with Crippen molar-refractivity contribution in [2.24, 2.45) is 5.92 Å².